The standard InChI is InChI=1S/C15H20BrN3O2/c1-20-14-8-12(13(16)9-15(14)21-2)10-17-4-3-6-19-7-5-18-11-19/h5,7-9,11,17H,3-4,6,10H2,1-2H3. The molecule has 5 nitrogen and oxygen atoms in total. The van der Waals surface area contributed by atoms with E-state index in [2.05, 4.69) is 30.8 Å². The molecule has 6 heteroatoms. The van der Waals surface area contributed by atoms with Gasteiger partial charge in [0.05, 0.1) is 20.5 Å². The SMILES string of the molecule is COc1cc(Br)c(CNCCCn2ccnc2)cc1OC. The quantitative estimate of drug-likeness (QED) is 0.741. The summed E-state index contributed by atoms with van der Waals surface area (Å²) in [5.41, 5.74) is 1.15. The van der Waals surface area contributed by atoms with Crippen LogP contribution in [0.4, 0.5) is 0 Å². The Morgan fingerprint density at radius 1 is 1.24 bits per heavy atom. The molecule has 1 aromatic heterocycles. The lowest BCUT2D eigenvalue weighted by molar-refractivity contribution is 0.354. The smallest absolute Gasteiger partial charge is 0.161 e. The van der Waals surface area contributed by atoms with Gasteiger partial charge in [0.2, 0.25) is 0 Å². The number of nitrogens with one attached hydrogen (secondary N) is 1. The average Bonchev–Trinajstić information content (AvgIpc) is 3.01. The molecule has 2 aromatic rings. The van der Waals surface area contributed by atoms with Crippen molar-refractivity contribution in [3.05, 3.63) is 40.9 Å². The van der Waals surface area contributed by atoms with Crippen LogP contribution in [0.5, 0.6) is 11.5 Å². The van der Waals surface area contributed by atoms with Crippen LogP contribution in [-0.2, 0) is 13.1 Å². The van der Waals surface area contributed by atoms with Gasteiger partial charge in [-0.1, -0.05) is 15.9 Å². The second kappa shape index (κ2) is 8.05. The molecule has 0 spiro atoms. The predicted molar refractivity (Wildman–Crippen MR) is 85.8 cm³/mol. The normalized spacial score (nSPS) is 10.6. The minimum Gasteiger partial charge on any atom is -0.493 e. The first kappa shape index (κ1) is 15.9. The van der Waals surface area contributed by atoms with Crippen molar-refractivity contribution in [1.82, 2.24) is 14.9 Å². The van der Waals surface area contributed by atoms with E-state index in [9.17, 15) is 0 Å². The first-order valence-corrected chi connectivity index (χ1v) is 7.60. The molecule has 0 saturated carbocycles. The third-order valence-electron chi connectivity index (χ3n) is 3.20. The first-order valence-electron chi connectivity index (χ1n) is 6.81. The van der Waals surface area contributed by atoms with E-state index in [1.54, 1.807) is 20.4 Å². The summed E-state index contributed by atoms with van der Waals surface area (Å²) in [7, 11) is 3.28. The third-order valence-corrected chi connectivity index (χ3v) is 3.94. The zero-order chi connectivity index (χ0) is 15.1. The van der Waals surface area contributed by atoms with E-state index in [1.807, 2.05) is 24.7 Å². The van der Waals surface area contributed by atoms with Gasteiger partial charge in [-0.05, 0) is 30.7 Å². The van der Waals surface area contributed by atoms with Crippen molar-refractivity contribution in [2.75, 3.05) is 20.8 Å². The number of nitrogens with zero attached hydrogens (tertiary/aromatic N) is 2. The molecule has 0 aliphatic carbocycles. The van der Waals surface area contributed by atoms with Gasteiger partial charge in [0.1, 0.15) is 0 Å². The van der Waals surface area contributed by atoms with Crippen LogP contribution in [0.25, 0.3) is 0 Å². The molecular weight excluding hydrogens is 334 g/mol. The number of ether oxygens (including phenoxy) is 2. The van der Waals surface area contributed by atoms with Crippen LogP contribution in [0.15, 0.2) is 35.3 Å². The Labute approximate surface area is 133 Å². The maximum Gasteiger partial charge on any atom is 0.161 e. The Balaban J connectivity index is 1.82. The van der Waals surface area contributed by atoms with Crippen molar-refractivity contribution in [2.24, 2.45) is 0 Å². The molecule has 0 bridgehead atoms. The molecule has 1 N–H and O–H groups in total. The van der Waals surface area contributed by atoms with E-state index in [-0.39, 0.29) is 0 Å². The molecule has 21 heavy (non-hydrogen) atoms. The lowest BCUT2D eigenvalue weighted by Crippen LogP contribution is -2.16. The molecular formula is C15H20BrN3O2. The highest BCUT2D eigenvalue weighted by atomic mass is 79.9. The second-order valence-electron chi connectivity index (χ2n) is 4.63. The summed E-state index contributed by atoms with van der Waals surface area (Å²) in [6.07, 6.45) is 6.67. The molecule has 0 aliphatic rings. The van der Waals surface area contributed by atoms with Gasteiger partial charge < -0.3 is 19.4 Å². The Hall–Kier alpha value is -1.53. The van der Waals surface area contributed by atoms with Gasteiger partial charge in [-0.25, -0.2) is 4.98 Å². The predicted octanol–water partition coefficient (Wildman–Crippen LogP) is 2.84. The van der Waals surface area contributed by atoms with E-state index in [0.717, 1.165) is 47.6 Å². The summed E-state index contributed by atoms with van der Waals surface area (Å²) in [5.74, 6) is 1.48. The number of aromatic nitrogens is 2. The molecule has 114 valence electrons. The van der Waals surface area contributed by atoms with Crippen molar-refractivity contribution in [3.8, 4) is 11.5 Å². The fourth-order valence-electron chi connectivity index (χ4n) is 2.06. The van der Waals surface area contributed by atoms with Gasteiger partial charge in [-0.3, -0.25) is 0 Å². The zero-order valence-electron chi connectivity index (χ0n) is 12.3. The highest BCUT2D eigenvalue weighted by Gasteiger charge is 2.09. The highest BCUT2D eigenvalue weighted by molar-refractivity contribution is 9.10. The molecule has 0 saturated heterocycles. The van der Waals surface area contributed by atoms with Crippen molar-refractivity contribution in [1.29, 1.82) is 0 Å². The zero-order valence-corrected chi connectivity index (χ0v) is 13.9. The van der Waals surface area contributed by atoms with E-state index in [0.29, 0.717) is 0 Å². The molecule has 2 rings (SSSR count). The number of aryl methyl sites for hydroxylation is 1. The Morgan fingerprint density at radius 3 is 2.67 bits per heavy atom. The van der Waals surface area contributed by atoms with Gasteiger partial charge in [0, 0.05) is 30.0 Å². The fourth-order valence-corrected chi connectivity index (χ4v) is 2.52. The van der Waals surface area contributed by atoms with Crippen LogP contribution in [0.3, 0.4) is 0 Å². The Morgan fingerprint density at radius 2 is 2.00 bits per heavy atom. The number of hydrogen-bond donors (Lipinski definition) is 1. The molecule has 0 amide bonds. The number of methoxy groups -OCH3 is 2. The van der Waals surface area contributed by atoms with Gasteiger partial charge in [-0.2, -0.15) is 0 Å². The van der Waals surface area contributed by atoms with Gasteiger partial charge in [0.15, 0.2) is 11.5 Å². The van der Waals surface area contributed by atoms with Gasteiger partial charge >= 0.3 is 0 Å². The summed E-state index contributed by atoms with van der Waals surface area (Å²) < 4.78 is 13.7. The molecule has 0 unspecified atom stereocenters. The summed E-state index contributed by atoms with van der Waals surface area (Å²) in [6, 6.07) is 3.92. The van der Waals surface area contributed by atoms with Gasteiger partial charge in [0.25, 0.3) is 0 Å². The van der Waals surface area contributed by atoms with Crippen LogP contribution >= 0.6 is 15.9 Å². The average molecular weight is 354 g/mol. The number of halogens is 1. The molecule has 1 aromatic carbocycles. The van der Waals surface area contributed by atoms with Crippen molar-refractivity contribution in [2.45, 2.75) is 19.5 Å². The number of rotatable bonds is 8. The summed E-state index contributed by atoms with van der Waals surface area (Å²) in [5, 5.41) is 3.43. The number of benzene rings is 1. The number of imidazole rings is 1. The monoisotopic (exact) mass is 353 g/mol. The Bertz CT molecular complexity index is 558. The lowest BCUT2D eigenvalue weighted by atomic mass is 10.2. The summed E-state index contributed by atoms with van der Waals surface area (Å²) in [4.78, 5) is 4.03. The summed E-state index contributed by atoms with van der Waals surface area (Å²) in [6.45, 7) is 2.70. The minimum atomic E-state index is 0.730. The van der Waals surface area contributed by atoms with Crippen LogP contribution < -0.4 is 14.8 Å². The fraction of sp³-hybridized carbons (Fsp3) is 0.400. The Kier molecular flexibility index (Phi) is 6.07. The van der Waals surface area contributed by atoms with Crippen molar-refractivity contribution >= 4 is 15.9 Å². The first-order chi connectivity index (χ1) is 10.2. The minimum absolute atomic E-state index is 0.730. The lowest BCUT2D eigenvalue weighted by Gasteiger charge is -2.12. The molecule has 1 heterocycles. The van der Waals surface area contributed by atoms with Gasteiger partial charge in [-0.15, -0.1) is 0 Å². The highest BCUT2D eigenvalue weighted by Crippen LogP contribution is 2.33. The van der Waals surface area contributed by atoms with Crippen molar-refractivity contribution in [3.63, 3.8) is 0 Å². The summed E-state index contributed by atoms with van der Waals surface area (Å²) >= 11 is 3.56. The van der Waals surface area contributed by atoms with E-state index in [4.69, 9.17) is 9.47 Å². The maximum atomic E-state index is 5.32. The van der Waals surface area contributed by atoms with Crippen LogP contribution in [0.2, 0.25) is 0 Å². The molecule has 0 radical (unpaired) electrons. The molecule has 0 fully saturated rings. The van der Waals surface area contributed by atoms with Crippen LogP contribution in [0.1, 0.15) is 12.0 Å². The van der Waals surface area contributed by atoms with Crippen LogP contribution in [-0.4, -0.2) is 30.3 Å². The largest absolute Gasteiger partial charge is 0.493 e. The maximum absolute atomic E-state index is 5.32. The van der Waals surface area contributed by atoms with Crippen molar-refractivity contribution < 1.29 is 9.47 Å². The molecule has 0 aliphatic heterocycles. The number of hydrogen-bond acceptors (Lipinski definition) is 4. The second-order valence-corrected chi connectivity index (χ2v) is 5.48. The third kappa shape index (κ3) is 4.47. The van der Waals surface area contributed by atoms with Crippen LogP contribution in [0, 0.1) is 0 Å². The molecule has 0 atom stereocenters. The van der Waals surface area contributed by atoms with E-state index >= 15 is 0 Å². The van der Waals surface area contributed by atoms with E-state index < -0.39 is 0 Å². The van der Waals surface area contributed by atoms with E-state index in [1.165, 1.54) is 0 Å². The topological polar surface area (TPSA) is 48.3 Å².